The SMILES string of the molecule is Fc1cnc(Cl)nc1-c1c[nH]c2ncccc12. The molecule has 0 saturated carbocycles. The molecule has 4 nitrogen and oxygen atoms in total. The molecule has 3 rings (SSSR count). The van der Waals surface area contributed by atoms with Gasteiger partial charge >= 0.3 is 0 Å². The predicted molar refractivity (Wildman–Crippen MR) is 62.1 cm³/mol. The number of nitrogens with zero attached hydrogens (tertiary/aromatic N) is 3. The lowest BCUT2D eigenvalue weighted by atomic mass is 10.1. The third-order valence-corrected chi connectivity index (χ3v) is 2.60. The third kappa shape index (κ3) is 1.64. The Balaban J connectivity index is 2.31. The fraction of sp³-hybridized carbons (Fsp3) is 0. The summed E-state index contributed by atoms with van der Waals surface area (Å²) < 4.78 is 13.6. The summed E-state index contributed by atoms with van der Waals surface area (Å²) in [5.41, 5.74) is 1.47. The summed E-state index contributed by atoms with van der Waals surface area (Å²) in [5.74, 6) is -0.515. The molecule has 84 valence electrons. The molecule has 0 spiro atoms. The molecule has 0 aliphatic carbocycles. The zero-order valence-electron chi connectivity index (χ0n) is 8.48. The average Bonchev–Trinajstić information content (AvgIpc) is 2.76. The van der Waals surface area contributed by atoms with Gasteiger partial charge in [-0.05, 0) is 23.7 Å². The van der Waals surface area contributed by atoms with Crippen molar-refractivity contribution in [2.45, 2.75) is 0 Å². The number of aromatic amines is 1. The van der Waals surface area contributed by atoms with Crippen molar-refractivity contribution >= 4 is 22.6 Å². The summed E-state index contributed by atoms with van der Waals surface area (Å²) in [5, 5.41) is 0.806. The zero-order valence-corrected chi connectivity index (χ0v) is 9.24. The number of fused-ring (bicyclic) bond motifs is 1. The molecule has 1 N–H and O–H groups in total. The fourth-order valence-electron chi connectivity index (χ4n) is 1.69. The first-order chi connectivity index (χ1) is 8.25. The number of hydrogen-bond acceptors (Lipinski definition) is 3. The van der Waals surface area contributed by atoms with Gasteiger partial charge in [0.25, 0.3) is 0 Å². The largest absolute Gasteiger partial charge is 0.345 e. The smallest absolute Gasteiger partial charge is 0.223 e. The first-order valence-electron chi connectivity index (χ1n) is 4.86. The van der Waals surface area contributed by atoms with Crippen molar-refractivity contribution in [1.29, 1.82) is 0 Å². The molecule has 3 heterocycles. The Labute approximate surface area is 101 Å². The number of nitrogens with one attached hydrogen (secondary N) is 1. The fourth-order valence-corrected chi connectivity index (χ4v) is 1.82. The minimum absolute atomic E-state index is 0.0136. The predicted octanol–water partition coefficient (Wildman–Crippen LogP) is 2.81. The lowest BCUT2D eigenvalue weighted by molar-refractivity contribution is 0.618. The molecule has 0 radical (unpaired) electrons. The summed E-state index contributed by atoms with van der Waals surface area (Å²) in [6, 6.07) is 3.62. The van der Waals surface area contributed by atoms with Crippen molar-refractivity contribution in [2.24, 2.45) is 0 Å². The molecule has 0 aliphatic heterocycles. The van der Waals surface area contributed by atoms with Crippen LogP contribution >= 0.6 is 11.6 Å². The molecule has 0 unspecified atom stereocenters. The van der Waals surface area contributed by atoms with Gasteiger partial charge in [-0.1, -0.05) is 0 Å². The van der Waals surface area contributed by atoms with Crippen LogP contribution in [0, 0.1) is 5.82 Å². The van der Waals surface area contributed by atoms with Crippen molar-refractivity contribution in [3.8, 4) is 11.3 Å². The monoisotopic (exact) mass is 248 g/mol. The maximum atomic E-state index is 13.6. The molecule has 0 fully saturated rings. The lowest BCUT2D eigenvalue weighted by Crippen LogP contribution is -1.91. The van der Waals surface area contributed by atoms with Gasteiger partial charge in [0.15, 0.2) is 5.82 Å². The van der Waals surface area contributed by atoms with E-state index in [0.717, 1.165) is 11.6 Å². The maximum absolute atomic E-state index is 13.6. The Bertz CT molecular complexity index is 695. The van der Waals surface area contributed by atoms with Crippen molar-refractivity contribution in [3.05, 3.63) is 41.8 Å². The van der Waals surface area contributed by atoms with Crippen LogP contribution in [0.1, 0.15) is 0 Å². The Morgan fingerprint density at radius 3 is 3.06 bits per heavy atom. The van der Waals surface area contributed by atoms with E-state index in [9.17, 15) is 4.39 Å². The number of halogens is 2. The molecule has 0 bridgehead atoms. The number of aromatic nitrogens is 4. The Morgan fingerprint density at radius 2 is 2.18 bits per heavy atom. The summed E-state index contributed by atoms with van der Waals surface area (Å²) in [4.78, 5) is 14.6. The highest BCUT2D eigenvalue weighted by Crippen LogP contribution is 2.28. The van der Waals surface area contributed by atoms with Gasteiger partial charge in [-0.2, -0.15) is 0 Å². The number of hydrogen-bond donors (Lipinski definition) is 1. The van der Waals surface area contributed by atoms with E-state index in [0.29, 0.717) is 11.2 Å². The highest BCUT2D eigenvalue weighted by molar-refractivity contribution is 6.28. The standard InChI is InChI=1S/C11H6ClFN4/c12-11-16-5-8(13)9(17-11)7-4-15-10-6(7)2-1-3-14-10/h1-5H,(H,14,15). The van der Waals surface area contributed by atoms with Crippen LogP contribution in [-0.2, 0) is 0 Å². The first kappa shape index (κ1) is 10.2. The molecule has 3 aromatic heterocycles. The summed E-state index contributed by atoms with van der Waals surface area (Å²) in [6.45, 7) is 0. The van der Waals surface area contributed by atoms with Gasteiger partial charge in [0, 0.05) is 23.3 Å². The Morgan fingerprint density at radius 1 is 1.29 bits per heavy atom. The van der Waals surface area contributed by atoms with Gasteiger partial charge in [0.1, 0.15) is 11.3 Å². The van der Waals surface area contributed by atoms with Crippen LogP contribution < -0.4 is 0 Å². The number of rotatable bonds is 1. The summed E-state index contributed by atoms with van der Waals surface area (Å²) in [6.07, 6.45) is 4.37. The molecule has 0 atom stereocenters. The topological polar surface area (TPSA) is 54.5 Å². The van der Waals surface area contributed by atoms with E-state index >= 15 is 0 Å². The van der Waals surface area contributed by atoms with Gasteiger partial charge in [-0.25, -0.2) is 19.3 Å². The molecule has 3 aromatic rings. The Kier molecular flexibility index (Phi) is 2.26. The van der Waals surface area contributed by atoms with E-state index in [4.69, 9.17) is 11.6 Å². The number of pyridine rings is 1. The van der Waals surface area contributed by atoms with Gasteiger partial charge < -0.3 is 4.98 Å². The maximum Gasteiger partial charge on any atom is 0.223 e. The highest BCUT2D eigenvalue weighted by atomic mass is 35.5. The molecule has 0 aromatic carbocycles. The van der Waals surface area contributed by atoms with Crippen LogP contribution in [0.3, 0.4) is 0 Å². The summed E-state index contributed by atoms with van der Waals surface area (Å²) >= 11 is 5.67. The van der Waals surface area contributed by atoms with E-state index in [1.54, 1.807) is 18.5 Å². The first-order valence-corrected chi connectivity index (χ1v) is 5.24. The van der Waals surface area contributed by atoms with Crippen LogP contribution in [0.15, 0.2) is 30.7 Å². The second kappa shape index (κ2) is 3.78. The summed E-state index contributed by atoms with van der Waals surface area (Å²) in [7, 11) is 0. The molecule has 6 heteroatoms. The van der Waals surface area contributed by atoms with Crippen LogP contribution in [0.5, 0.6) is 0 Å². The molecule has 17 heavy (non-hydrogen) atoms. The quantitative estimate of drug-likeness (QED) is 0.674. The van der Waals surface area contributed by atoms with Gasteiger partial charge in [0.05, 0.1) is 6.20 Å². The van der Waals surface area contributed by atoms with Crippen molar-refractivity contribution in [2.75, 3.05) is 0 Å². The van der Waals surface area contributed by atoms with Crippen LogP contribution in [0.2, 0.25) is 5.28 Å². The van der Waals surface area contributed by atoms with Crippen molar-refractivity contribution in [1.82, 2.24) is 19.9 Å². The van der Waals surface area contributed by atoms with E-state index in [-0.39, 0.29) is 11.0 Å². The van der Waals surface area contributed by atoms with Crippen LogP contribution in [0.4, 0.5) is 4.39 Å². The van der Waals surface area contributed by atoms with Gasteiger partial charge in [0.2, 0.25) is 5.28 Å². The van der Waals surface area contributed by atoms with Gasteiger partial charge in [-0.3, -0.25) is 0 Å². The van der Waals surface area contributed by atoms with E-state index in [2.05, 4.69) is 19.9 Å². The van der Waals surface area contributed by atoms with E-state index in [1.165, 1.54) is 0 Å². The minimum atomic E-state index is -0.515. The van der Waals surface area contributed by atoms with Crippen LogP contribution in [0.25, 0.3) is 22.3 Å². The third-order valence-electron chi connectivity index (χ3n) is 2.42. The normalized spacial score (nSPS) is 10.9. The van der Waals surface area contributed by atoms with Gasteiger partial charge in [-0.15, -0.1) is 0 Å². The van der Waals surface area contributed by atoms with E-state index < -0.39 is 5.82 Å². The molecule has 0 aliphatic rings. The zero-order chi connectivity index (χ0) is 11.8. The average molecular weight is 249 g/mol. The molecular formula is C11H6ClFN4. The second-order valence-corrected chi connectivity index (χ2v) is 3.78. The molecule has 0 amide bonds. The second-order valence-electron chi connectivity index (χ2n) is 3.44. The Hall–Kier alpha value is -2.01. The van der Waals surface area contributed by atoms with E-state index in [1.807, 2.05) is 6.07 Å². The van der Waals surface area contributed by atoms with Crippen LogP contribution in [-0.4, -0.2) is 19.9 Å². The minimum Gasteiger partial charge on any atom is -0.345 e. The highest BCUT2D eigenvalue weighted by Gasteiger charge is 2.13. The van der Waals surface area contributed by atoms with Crippen molar-refractivity contribution < 1.29 is 4.39 Å². The molecule has 0 saturated heterocycles. The van der Waals surface area contributed by atoms with Crippen molar-refractivity contribution in [3.63, 3.8) is 0 Å². The lowest BCUT2D eigenvalue weighted by Gasteiger charge is -2.00. The molecular weight excluding hydrogens is 243 g/mol. The number of H-pyrrole nitrogens is 1.